The average molecular weight is 534 g/mol. The maximum atomic E-state index is 15.7. The van der Waals surface area contributed by atoms with Gasteiger partial charge in [-0.1, -0.05) is 48.3 Å². The number of carbonyl (C=O) groups excluding carboxylic acids is 2. The molecule has 4 atom stereocenters. The predicted molar refractivity (Wildman–Crippen MR) is 138 cm³/mol. The van der Waals surface area contributed by atoms with E-state index in [1.54, 1.807) is 30.3 Å². The largest absolute Gasteiger partial charge is 0.393 e. The second kappa shape index (κ2) is 9.28. The molecule has 0 radical (unpaired) electrons. The van der Waals surface area contributed by atoms with Crippen molar-refractivity contribution in [3.05, 3.63) is 63.4 Å². The summed E-state index contributed by atoms with van der Waals surface area (Å²) in [5.74, 6) is -2.12. The van der Waals surface area contributed by atoms with Crippen LogP contribution in [0.1, 0.15) is 63.0 Å². The summed E-state index contributed by atoms with van der Waals surface area (Å²) < 4.78 is 15.7. The third kappa shape index (κ3) is 3.74. The number of aliphatic hydroxyl groups is 1. The van der Waals surface area contributed by atoms with Gasteiger partial charge in [-0.05, 0) is 68.4 Å². The summed E-state index contributed by atoms with van der Waals surface area (Å²) >= 11 is 12.5. The molecule has 2 heterocycles. The lowest BCUT2D eigenvalue weighted by Crippen LogP contribution is -2.57. The minimum atomic E-state index is -1.29. The molecule has 9 heteroatoms. The van der Waals surface area contributed by atoms with Gasteiger partial charge in [-0.15, -0.1) is 0 Å². The molecule has 1 aliphatic carbocycles. The first-order chi connectivity index (χ1) is 17.1. The van der Waals surface area contributed by atoms with Crippen molar-refractivity contribution < 1.29 is 19.1 Å². The van der Waals surface area contributed by atoms with Gasteiger partial charge in [0.05, 0.1) is 17.2 Å². The van der Waals surface area contributed by atoms with Crippen molar-refractivity contribution in [2.45, 2.75) is 81.0 Å². The molecule has 2 aliphatic heterocycles. The maximum Gasteiger partial charge on any atom is 0.238 e. The van der Waals surface area contributed by atoms with Crippen LogP contribution in [0.3, 0.4) is 0 Å². The fourth-order valence-electron chi connectivity index (χ4n) is 6.58. The number of aliphatic hydroxyl groups excluding tert-OH is 1. The number of nitrogens with one attached hydrogen (secondary N) is 3. The van der Waals surface area contributed by atoms with Crippen molar-refractivity contribution >= 4 is 40.7 Å². The Hall–Kier alpha value is -2.19. The third-order valence-corrected chi connectivity index (χ3v) is 9.03. The van der Waals surface area contributed by atoms with Crippen LogP contribution in [0.5, 0.6) is 0 Å². The summed E-state index contributed by atoms with van der Waals surface area (Å²) in [6, 6.07) is 8.90. The minimum Gasteiger partial charge on any atom is -0.393 e. The summed E-state index contributed by atoms with van der Waals surface area (Å²) in [6.45, 7) is 3.86. The molecule has 36 heavy (non-hydrogen) atoms. The van der Waals surface area contributed by atoms with Crippen LogP contribution in [0.15, 0.2) is 36.4 Å². The Morgan fingerprint density at radius 3 is 2.61 bits per heavy atom. The highest BCUT2D eigenvalue weighted by atomic mass is 35.5. The molecular formula is C27H30Cl2FN3O3. The fourth-order valence-corrected chi connectivity index (χ4v) is 6.93. The van der Waals surface area contributed by atoms with Crippen molar-refractivity contribution in [2.75, 3.05) is 5.32 Å². The Balaban J connectivity index is 1.67. The molecule has 0 unspecified atom stereocenters. The van der Waals surface area contributed by atoms with Gasteiger partial charge in [0, 0.05) is 28.2 Å². The van der Waals surface area contributed by atoms with Gasteiger partial charge in [-0.2, -0.15) is 0 Å². The van der Waals surface area contributed by atoms with E-state index < -0.39 is 28.7 Å². The number of hydrogen-bond acceptors (Lipinski definition) is 4. The van der Waals surface area contributed by atoms with Crippen LogP contribution in [-0.4, -0.2) is 40.6 Å². The summed E-state index contributed by atoms with van der Waals surface area (Å²) in [5.41, 5.74) is -0.736. The molecule has 6 nitrogen and oxygen atoms in total. The summed E-state index contributed by atoms with van der Waals surface area (Å²) in [5, 5.41) is 19.8. The van der Waals surface area contributed by atoms with Crippen LogP contribution < -0.4 is 16.0 Å². The van der Waals surface area contributed by atoms with E-state index >= 15 is 4.39 Å². The fraction of sp³-hybridized carbons (Fsp3) is 0.481. The monoisotopic (exact) mass is 533 g/mol. The van der Waals surface area contributed by atoms with Gasteiger partial charge < -0.3 is 15.7 Å². The lowest BCUT2D eigenvalue weighted by atomic mass is 9.59. The van der Waals surface area contributed by atoms with Gasteiger partial charge in [0.2, 0.25) is 11.8 Å². The first-order valence-corrected chi connectivity index (χ1v) is 13.2. The molecule has 5 rings (SSSR count). The molecule has 2 amide bonds. The van der Waals surface area contributed by atoms with Gasteiger partial charge >= 0.3 is 0 Å². The normalized spacial score (nSPS) is 33.4. The first kappa shape index (κ1) is 25.5. The SMILES string of the molecule is CC[C@]1(C)N[C@@H](C(=O)NC2CCC(O)CC2)[C@H](c2cccc(Cl)c2F)[C@]12C(=O)Nc1cc(Cl)ccc12. The Morgan fingerprint density at radius 2 is 1.92 bits per heavy atom. The van der Waals surface area contributed by atoms with Gasteiger partial charge in [0.25, 0.3) is 0 Å². The summed E-state index contributed by atoms with van der Waals surface area (Å²) in [6.07, 6.45) is 2.70. The van der Waals surface area contributed by atoms with E-state index in [1.807, 2.05) is 13.8 Å². The minimum absolute atomic E-state index is 0.0667. The number of halogens is 3. The zero-order valence-corrected chi connectivity index (χ0v) is 21.7. The average Bonchev–Trinajstić information content (AvgIpc) is 3.29. The second-order valence-electron chi connectivity index (χ2n) is 10.4. The molecule has 192 valence electrons. The zero-order chi connectivity index (χ0) is 25.8. The number of amides is 2. The highest BCUT2D eigenvalue weighted by Gasteiger charge is 2.70. The smallest absolute Gasteiger partial charge is 0.238 e. The molecule has 1 saturated carbocycles. The van der Waals surface area contributed by atoms with Gasteiger partial charge in [0.1, 0.15) is 11.2 Å². The molecule has 1 spiro atoms. The van der Waals surface area contributed by atoms with E-state index in [2.05, 4.69) is 16.0 Å². The van der Waals surface area contributed by atoms with Crippen molar-refractivity contribution in [1.82, 2.24) is 10.6 Å². The van der Waals surface area contributed by atoms with Crippen LogP contribution in [0, 0.1) is 5.82 Å². The van der Waals surface area contributed by atoms with Crippen molar-refractivity contribution in [2.24, 2.45) is 0 Å². The van der Waals surface area contributed by atoms with Crippen LogP contribution in [-0.2, 0) is 15.0 Å². The van der Waals surface area contributed by atoms with Gasteiger partial charge in [-0.25, -0.2) is 4.39 Å². The van der Waals surface area contributed by atoms with Crippen LogP contribution in [0.4, 0.5) is 10.1 Å². The molecule has 4 N–H and O–H groups in total. The number of hydrogen-bond donors (Lipinski definition) is 4. The van der Waals surface area contributed by atoms with Crippen LogP contribution >= 0.6 is 23.2 Å². The lowest BCUT2D eigenvalue weighted by Gasteiger charge is -2.42. The Bertz CT molecular complexity index is 1220. The van der Waals surface area contributed by atoms with E-state index in [-0.39, 0.29) is 34.5 Å². The third-order valence-electron chi connectivity index (χ3n) is 8.51. The quantitative estimate of drug-likeness (QED) is 0.459. The number of rotatable bonds is 4. The van der Waals surface area contributed by atoms with Crippen molar-refractivity contribution in [1.29, 1.82) is 0 Å². The lowest BCUT2D eigenvalue weighted by molar-refractivity contribution is -0.124. The maximum absolute atomic E-state index is 15.7. The van der Waals surface area contributed by atoms with Crippen LogP contribution in [0.2, 0.25) is 10.0 Å². The second-order valence-corrected chi connectivity index (χ2v) is 11.2. The number of anilines is 1. The Morgan fingerprint density at radius 1 is 1.19 bits per heavy atom. The molecule has 0 aromatic heterocycles. The summed E-state index contributed by atoms with van der Waals surface area (Å²) in [7, 11) is 0. The van der Waals surface area contributed by atoms with E-state index in [0.717, 1.165) is 0 Å². The predicted octanol–water partition coefficient (Wildman–Crippen LogP) is 4.67. The van der Waals surface area contributed by atoms with E-state index in [0.29, 0.717) is 48.4 Å². The molecule has 2 aromatic carbocycles. The van der Waals surface area contributed by atoms with Crippen molar-refractivity contribution in [3.63, 3.8) is 0 Å². The summed E-state index contributed by atoms with van der Waals surface area (Å²) in [4.78, 5) is 27.9. The zero-order valence-electron chi connectivity index (χ0n) is 20.2. The molecule has 2 aromatic rings. The van der Waals surface area contributed by atoms with Crippen LogP contribution in [0.25, 0.3) is 0 Å². The Kier molecular flexibility index (Phi) is 6.56. The van der Waals surface area contributed by atoms with E-state index in [4.69, 9.17) is 23.2 Å². The number of fused-ring (bicyclic) bond motifs is 2. The van der Waals surface area contributed by atoms with Gasteiger partial charge in [-0.3, -0.25) is 14.9 Å². The molecule has 3 aliphatic rings. The van der Waals surface area contributed by atoms with E-state index in [1.165, 1.54) is 6.07 Å². The molecule has 2 fully saturated rings. The highest BCUT2D eigenvalue weighted by molar-refractivity contribution is 6.31. The number of benzene rings is 2. The molecule has 1 saturated heterocycles. The molecular weight excluding hydrogens is 504 g/mol. The first-order valence-electron chi connectivity index (χ1n) is 12.4. The highest BCUT2D eigenvalue weighted by Crippen LogP contribution is 2.60. The van der Waals surface area contributed by atoms with Gasteiger partial charge in [0.15, 0.2) is 0 Å². The Labute approximate surface area is 219 Å². The standard InChI is InChI=1S/C27H30Cl2FN3O3/c1-3-26(2)27(18-12-7-14(28)13-20(18)32-25(27)36)21(17-5-4-6-19(29)22(17)30)23(33-26)24(35)31-15-8-10-16(34)11-9-15/h4-7,12-13,15-16,21,23,33-34H,3,8-11H2,1-2H3,(H,31,35)(H,32,36)/t15?,16?,21-,23+,26-,27+/m0/s1. The van der Waals surface area contributed by atoms with E-state index in [9.17, 15) is 14.7 Å². The topological polar surface area (TPSA) is 90.5 Å². The molecule has 0 bridgehead atoms. The van der Waals surface area contributed by atoms with Crippen molar-refractivity contribution in [3.8, 4) is 0 Å². The number of carbonyl (C=O) groups is 2.